The van der Waals surface area contributed by atoms with Crippen molar-refractivity contribution in [1.82, 2.24) is 0 Å². The molecule has 0 aliphatic carbocycles. The van der Waals surface area contributed by atoms with Gasteiger partial charge in [0.25, 0.3) is 13.4 Å². The molecule has 0 bridgehead atoms. The lowest BCUT2D eigenvalue weighted by Crippen LogP contribution is -2.63. The van der Waals surface area contributed by atoms with Gasteiger partial charge in [-0.15, -0.1) is 0 Å². The summed E-state index contributed by atoms with van der Waals surface area (Å²) in [6.45, 7) is -0.555. The Bertz CT molecular complexity index is 3070. The molecule has 0 N–H and O–H groups in total. The minimum Gasteiger partial charge on any atom is -0.458 e. The highest BCUT2D eigenvalue weighted by Gasteiger charge is 2.50. The lowest BCUT2D eigenvalue weighted by atomic mass is 9.30. The van der Waals surface area contributed by atoms with Crippen molar-refractivity contribution in [2.75, 3.05) is 0 Å². The van der Waals surface area contributed by atoms with Gasteiger partial charge in [0.2, 0.25) is 0 Å². The first kappa shape index (κ1) is 34.7. The highest BCUT2D eigenvalue weighted by atomic mass is 16.5. The monoisotopic (exact) mass is 798 g/mol. The summed E-state index contributed by atoms with van der Waals surface area (Å²) in [5, 5.41) is 0. The van der Waals surface area contributed by atoms with E-state index in [1.807, 2.05) is 115 Å². The fourth-order valence-corrected chi connectivity index (χ4v) is 9.71. The lowest BCUT2D eigenvalue weighted by molar-refractivity contribution is 0.437. The Labute approximate surface area is 358 Å². The molecule has 0 atom stereocenters. The van der Waals surface area contributed by atoms with Gasteiger partial charge in [0.1, 0.15) is 69.0 Å². The van der Waals surface area contributed by atoms with Crippen LogP contribution in [0.1, 0.15) is 0 Å². The predicted molar refractivity (Wildman–Crippen MR) is 246 cm³/mol. The Balaban J connectivity index is 1.14. The molecule has 8 heteroatoms. The van der Waals surface area contributed by atoms with E-state index in [0.717, 1.165) is 66.5 Å². The molecule has 62 heavy (non-hydrogen) atoms. The lowest BCUT2D eigenvalue weighted by Gasteiger charge is -2.40. The summed E-state index contributed by atoms with van der Waals surface area (Å²) in [5.74, 6) is 8.33. The average Bonchev–Trinajstić information content (AvgIpc) is 3.31. The maximum absolute atomic E-state index is 7.41. The number of hydrogen-bond donors (Lipinski definition) is 0. The maximum atomic E-state index is 7.41. The molecule has 0 saturated carbocycles. The molecule has 290 valence electrons. The third-order valence-corrected chi connectivity index (χ3v) is 12.2. The van der Waals surface area contributed by atoms with Crippen LogP contribution in [0.4, 0.5) is 0 Å². The van der Waals surface area contributed by atoms with Crippen LogP contribution in [0.5, 0.6) is 69.0 Å². The number of hydrogen-bond acceptors (Lipinski definition) is 6. The van der Waals surface area contributed by atoms with Crippen molar-refractivity contribution in [3.05, 3.63) is 194 Å². The molecule has 4 heterocycles. The Morgan fingerprint density at radius 1 is 0.290 bits per heavy atom. The zero-order valence-corrected chi connectivity index (χ0v) is 33.1. The molecule has 0 amide bonds. The second-order valence-electron chi connectivity index (χ2n) is 15.8. The van der Waals surface area contributed by atoms with Gasteiger partial charge < -0.3 is 28.4 Å². The summed E-state index contributed by atoms with van der Waals surface area (Å²) < 4.78 is 41.4. The summed E-state index contributed by atoms with van der Waals surface area (Å²) in [4.78, 5) is 0. The molecule has 9 aromatic rings. The van der Waals surface area contributed by atoms with Gasteiger partial charge in [0.05, 0.1) is 5.56 Å². The third kappa shape index (κ3) is 5.40. The van der Waals surface area contributed by atoms with Crippen molar-refractivity contribution in [2.24, 2.45) is 0 Å². The largest absolute Gasteiger partial charge is 0.458 e. The maximum Gasteiger partial charge on any atom is 0.261 e. The Kier molecular flexibility index (Phi) is 7.69. The van der Waals surface area contributed by atoms with Crippen LogP contribution in [0, 0.1) is 0 Å². The van der Waals surface area contributed by atoms with Gasteiger partial charge >= 0.3 is 0 Å². The van der Waals surface area contributed by atoms with Gasteiger partial charge in [-0.3, -0.25) is 0 Å². The molecular formula is C54H32B2O6. The first-order valence-electron chi connectivity index (χ1n) is 20.8. The zero-order chi connectivity index (χ0) is 40.7. The standard InChI is InChI=1S/C54H32B2O6/c1-5-17-33(18-6-1)47-51-53(61-45-31-37(57-35-21-9-3-10-22-35)29-43-49(45)55(51)39-25-13-15-27-41(39)59-43)48(34-19-7-2-8-20-34)54-52(47)56-40-26-14-16-28-42(40)60-44-30-38(32-46(62-54)50(44)56)58-36-23-11-4-12-24-36/h1-32H. The van der Waals surface area contributed by atoms with Gasteiger partial charge in [0.15, 0.2) is 0 Å². The van der Waals surface area contributed by atoms with E-state index in [1.54, 1.807) is 0 Å². The van der Waals surface area contributed by atoms with E-state index >= 15 is 0 Å². The number of para-hydroxylation sites is 4. The Hall–Kier alpha value is -8.09. The normalized spacial score (nSPS) is 13.0. The third-order valence-electron chi connectivity index (χ3n) is 12.2. The second kappa shape index (κ2) is 13.7. The molecule has 0 unspecified atom stereocenters. The van der Waals surface area contributed by atoms with E-state index in [0.29, 0.717) is 57.5 Å². The zero-order valence-electron chi connectivity index (χ0n) is 33.1. The summed E-state index contributed by atoms with van der Waals surface area (Å²) in [5.41, 5.74) is 9.96. The molecule has 0 radical (unpaired) electrons. The van der Waals surface area contributed by atoms with Crippen LogP contribution < -0.4 is 61.2 Å². The van der Waals surface area contributed by atoms with Crippen LogP contribution in [0.2, 0.25) is 0 Å². The van der Waals surface area contributed by atoms with Crippen molar-refractivity contribution in [3.63, 3.8) is 0 Å². The highest BCUT2D eigenvalue weighted by molar-refractivity contribution is 7.02. The number of rotatable bonds is 6. The Morgan fingerprint density at radius 2 is 0.645 bits per heavy atom. The number of ether oxygens (including phenoxy) is 6. The summed E-state index contributed by atoms with van der Waals surface area (Å²) in [6, 6.07) is 65.2. The van der Waals surface area contributed by atoms with Gasteiger partial charge in [-0.1, -0.05) is 133 Å². The predicted octanol–water partition coefficient (Wildman–Crippen LogP) is 10.1. The van der Waals surface area contributed by atoms with Gasteiger partial charge in [0, 0.05) is 35.2 Å². The molecular weight excluding hydrogens is 766 g/mol. The van der Waals surface area contributed by atoms with Crippen molar-refractivity contribution in [1.29, 1.82) is 0 Å². The topological polar surface area (TPSA) is 55.4 Å². The molecule has 9 aromatic carbocycles. The van der Waals surface area contributed by atoms with Crippen LogP contribution in [-0.2, 0) is 0 Å². The van der Waals surface area contributed by atoms with Crippen LogP contribution in [-0.4, -0.2) is 13.4 Å². The van der Waals surface area contributed by atoms with Gasteiger partial charge in [-0.05, 0) is 74.9 Å². The first-order chi connectivity index (χ1) is 30.7. The molecule has 0 saturated heterocycles. The van der Waals surface area contributed by atoms with Crippen LogP contribution in [0.25, 0.3) is 22.3 Å². The van der Waals surface area contributed by atoms with E-state index < -0.39 is 0 Å². The smallest absolute Gasteiger partial charge is 0.261 e. The van der Waals surface area contributed by atoms with Crippen molar-refractivity contribution >= 4 is 46.2 Å². The van der Waals surface area contributed by atoms with Crippen molar-refractivity contribution < 1.29 is 28.4 Å². The van der Waals surface area contributed by atoms with E-state index in [4.69, 9.17) is 28.4 Å². The van der Waals surface area contributed by atoms with E-state index in [9.17, 15) is 0 Å². The van der Waals surface area contributed by atoms with Crippen LogP contribution in [0.15, 0.2) is 194 Å². The van der Waals surface area contributed by atoms with Crippen molar-refractivity contribution in [3.8, 4) is 91.2 Å². The minimum atomic E-state index is -0.278. The Morgan fingerprint density at radius 3 is 1.08 bits per heavy atom. The molecule has 13 rings (SSSR count). The van der Waals surface area contributed by atoms with E-state index in [2.05, 4.69) is 78.9 Å². The first-order valence-corrected chi connectivity index (χ1v) is 20.8. The molecule has 4 aliphatic heterocycles. The molecule has 0 fully saturated rings. The minimum absolute atomic E-state index is 0.278. The summed E-state index contributed by atoms with van der Waals surface area (Å²) in [6.07, 6.45) is 0. The number of fused-ring (bicyclic) bond motifs is 8. The van der Waals surface area contributed by atoms with E-state index in [1.165, 1.54) is 0 Å². The molecule has 6 nitrogen and oxygen atoms in total. The number of benzene rings is 9. The fourth-order valence-electron chi connectivity index (χ4n) is 9.71. The molecule has 0 spiro atoms. The summed E-state index contributed by atoms with van der Waals surface area (Å²) in [7, 11) is 0. The second-order valence-corrected chi connectivity index (χ2v) is 15.8. The summed E-state index contributed by atoms with van der Waals surface area (Å²) >= 11 is 0. The van der Waals surface area contributed by atoms with Gasteiger partial charge in [-0.25, -0.2) is 0 Å². The van der Waals surface area contributed by atoms with E-state index in [-0.39, 0.29) is 13.4 Å². The van der Waals surface area contributed by atoms with Crippen LogP contribution >= 0.6 is 0 Å². The van der Waals surface area contributed by atoms with Gasteiger partial charge in [-0.2, -0.15) is 0 Å². The van der Waals surface area contributed by atoms with Crippen molar-refractivity contribution in [2.45, 2.75) is 0 Å². The molecule has 0 aromatic heterocycles. The fraction of sp³-hybridized carbons (Fsp3) is 0. The quantitative estimate of drug-likeness (QED) is 0.156. The van der Waals surface area contributed by atoms with Crippen LogP contribution in [0.3, 0.4) is 0 Å². The highest BCUT2D eigenvalue weighted by Crippen LogP contribution is 2.50. The SMILES string of the molecule is c1ccc(Oc2cc3c4c(c2)Oc2c(c(-c5ccccc5)c5c(c2-c2ccccc2)Oc2cc(Oc6ccccc6)cc6c2B5c2ccccc2O6)B4c2ccccc2O3)cc1. The molecule has 4 aliphatic rings. The average molecular weight is 798 g/mol.